The molecule has 0 radical (unpaired) electrons. The molecule has 1 saturated carbocycles. The van der Waals surface area contributed by atoms with Crippen LogP contribution in [0.5, 0.6) is 0 Å². The van der Waals surface area contributed by atoms with Gasteiger partial charge in [0, 0.05) is 32.1 Å². The zero-order valence-electron chi connectivity index (χ0n) is 11.7. The lowest BCUT2D eigenvalue weighted by atomic mass is 10.0. The molecule has 1 fully saturated rings. The fourth-order valence-corrected chi connectivity index (χ4v) is 3.21. The third kappa shape index (κ3) is 2.26. The van der Waals surface area contributed by atoms with E-state index in [1.807, 2.05) is 11.9 Å². The molecule has 1 aliphatic carbocycles. The molecule has 5 heteroatoms. The van der Waals surface area contributed by atoms with Crippen LogP contribution in [0, 0.1) is 11.7 Å². The smallest absolute Gasteiger partial charge is 0.230 e. The number of hydrogen-bond donors (Lipinski definition) is 1. The number of rotatable bonds is 1. The summed E-state index contributed by atoms with van der Waals surface area (Å²) < 4.78 is 13.4. The first-order valence-electron chi connectivity index (χ1n) is 7.14. The highest BCUT2D eigenvalue weighted by Gasteiger charge is 2.34. The van der Waals surface area contributed by atoms with Crippen LogP contribution < -0.4 is 15.5 Å². The quantitative estimate of drug-likeness (QED) is 0.850. The molecule has 20 heavy (non-hydrogen) atoms. The fourth-order valence-electron chi connectivity index (χ4n) is 3.21. The highest BCUT2D eigenvalue weighted by molar-refractivity contribution is 5.99. The summed E-state index contributed by atoms with van der Waals surface area (Å²) in [6.45, 7) is 1.38. The van der Waals surface area contributed by atoms with E-state index in [4.69, 9.17) is 5.73 Å². The molecule has 1 heterocycles. The molecule has 0 aromatic heterocycles. The molecule has 0 spiro atoms. The number of halogens is 1. The van der Waals surface area contributed by atoms with Crippen molar-refractivity contribution in [3.63, 3.8) is 0 Å². The Morgan fingerprint density at radius 2 is 2.10 bits per heavy atom. The Morgan fingerprint density at radius 3 is 2.80 bits per heavy atom. The minimum atomic E-state index is -0.271. The van der Waals surface area contributed by atoms with Crippen LogP contribution >= 0.6 is 0 Å². The van der Waals surface area contributed by atoms with Gasteiger partial charge in [-0.1, -0.05) is 0 Å². The van der Waals surface area contributed by atoms with Crippen molar-refractivity contribution in [3.8, 4) is 0 Å². The maximum Gasteiger partial charge on any atom is 0.230 e. The SMILES string of the molecule is CN1CCN(C(=O)C2CCC(N)C2)c2ccc(F)cc21. The van der Waals surface area contributed by atoms with E-state index in [0.29, 0.717) is 6.54 Å². The summed E-state index contributed by atoms with van der Waals surface area (Å²) >= 11 is 0. The number of hydrogen-bond acceptors (Lipinski definition) is 3. The number of nitrogens with zero attached hydrogens (tertiary/aromatic N) is 2. The van der Waals surface area contributed by atoms with Gasteiger partial charge in [-0.2, -0.15) is 0 Å². The summed E-state index contributed by atoms with van der Waals surface area (Å²) in [7, 11) is 1.92. The highest BCUT2D eigenvalue weighted by atomic mass is 19.1. The fraction of sp³-hybridized carbons (Fsp3) is 0.533. The molecular formula is C15H20FN3O. The zero-order valence-corrected chi connectivity index (χ0v) is 11.7. The van der Waals surface area contributed by atoms with E-state index in [1.165, 1.54) is 12.1 Å². The van der Waals surface area contributed by atoms with Crippen LogP contribution in [-0.2, 0) is 4.79 Å². The average molecular weight is 277 g/mol. The molecule has 0 bridgehead atoms. The molecule has 4 nitrogen and oxygen atoms in total. The maximum absolute atomic E-state index is 13.4. The molecule has 108 valence electrons. The minimum absolute atomic E-state index is 0.0197. The van der Waals surface area contributed by atoms with Gasteiger partial charge in [0.15, 0.2) is 0 Å². The van der Waals surface area contributed by atoms with Gasteiger partial charge in [0.1, 0.15) is 5.82 Å². The summed E-state index contributed by atoms with van der Waals surface area (Å²) in [5.41, 5.74) is 7.50. The van der Waals surface area contributed by atoms with Gasteiger partial charge in [0.2, 0.25) is 5.91 Å². The lowest BCUT2D eigenvalue weighted by molar-refractivity contribution is -0.122. The molecule has 3 rings (SSSR count). The predicted octanol–water partition coefficient (Wildman–Crippen LogP) is 1.74. The van der Waals surface area contributed by atoms with E-state index >= 15 is 0 Å². The molecule has 1 aromatic carbocycles. The monoisotopic (exact) mass is 277 g/mol. The molecule has 2 atom stereocenters. The first-order chi connectivity index (χ1) is 9.56. The Kier molecular flexibility index (Phi) is 3.38. The van der Waals surface area contributed by atoms with Gasteiger partial charge in [-0.25, -0.2) is 4.39 Å². The number of benzene rings is 1. The van der Waals surface area contributed by atoms with Crippen LogP contribution in [0.15, 0.2) is 18.2 Å². The van der Waals surface area contributed by atoms with Gasteiger partial charge in [-0.3, -0.25) is 4.79 Å². The first-order valence-corrected chi connectivity index (χ1v) is 7.14. The Labute approximate surface area is 118 Å². The third-order valence-electron chi connectivity index (χ3n) is 4.39. The summed E-state index contributed by atoms with van der Waals surface area (Å²) in [4.78, 5) is 16.5. The van der Waals surface area contributed by atoms with Crippen LogP contribution in [0.4, 0.5) is 15.8 Å². The summed E-state index contributed by atoms with van der Waals surface area (Å²) in [6.07, 6.45) is 2.55. The molecule has 0 saturated heterocycles. The maximum atomic E-state index is 13.4. The zero-order chi connectivity index (χ0) is 14.3. The summed E-state index contributed by atoms with van der Waals surface area (Å²) in [5.74, 6) is -0.113. The number of carbonyl (C=O) groups is 1. The van der Waals surface area contributed by atoms with Gasteiger partial charge in [-0.15, -0.1) is 0 Å². The van der Waals surface area contributed by atoms with Crippen LogP contribution in [0.25, 0.3) is 0 Å². The van der Waals surface area contributed by atoms with E-state index in [2.05, 4.69) is 0 Å². The van der Waals surface area contributed by atoms with Crippen molar-refractivity contribution in [1.82, 2.24) is 0 Å². The largest absolute Gasteiger partial charge is 0.371 e. The number of likely N-dealkylation sites (N-methyl/N-ethyl adjacent to an activating group) is 1. The van der Waals surface area contributed by atoms with Gasteiger partial charge in [-0.05, 0) is 37.5 Å². The van der Waals surface area contributed by atoms with Crippen molar-refractivity contribution in [3.05, 3.63) is 24.0 Å². The van der Waals surface area contributed by atoms with E-state index < -0.39 is 0 Å². The second kappa shape index (κ2) is 5.05. The van der Waals surface area contributed by atoms with E-state index in [9.17, 15) is 9.18 Å². The number of amides is 1. The van der Waals surface area contributed by atoms with E-state index in [1.54, 1.807) is 11.0 Å². The molecule has 1 aliphatic heterocycles. The number of anilines is 2. The van der Waals surface area contributed by atoms with Gasteiger partial charge in [0.25, 0.3) is 0 Å². The van der Waals surface area contributed by atoms with Gasteiger partial charge in [0.05, 0.1) is 11.4 Å². The predicted molar refractivity (Wildman–Crippen MR) is 77.3 cm³/mol. The summed E-state index contributed by atoms with van der Waals surface area (Å²) in [6, 6.07) is 4.75. The Morgan fingerprint density at radius 1 is 1.30 bits per heavy atom. The third-order valence-corrected chi connectivity index (χ3v) is 4.39. The standard InChI is InChI=1S/C15H20FN3O/c1-18-6-7-19(13-5-3-11(16)9-14(13)18)15(20)10-2-4-12(17)8-10/h3,5,9-10,12H,2,4,6-8,17H2,1H3. The lowest BCUT2D eigenvalue weighted by Crippen LogP contribution is -2.45. The second-order valence-corrected chi connectivity index (χ2v) is 5.81. The molecule has 2 aliphatic rings. The lowest BCUT2D eigenvalue weighted by Gasteiger charge is -2.36. The van der Waals surface area contributed by atoms with Crippen molar-refractivity contribution < 1.29 is 9.18 Å². The van der Waals surface area contributed by atoms with Crippen LogP contribution in [0.2, 0.25) is 0 Å². The van der Waals surface area contributed by atoms with Crippen LogP contribution in [0.1, 0.15) is 19.3 Å². The van der Waals surface area contributed by atoms with Crippen molar-refractivity contribution in [1.29, 1.82) is 0 Å². The number of carbonyl (C=O) groups excluding carboxylic acids is 1. The summed E-state index contributed by atoms with van der Waals surface area (Å²) in [5, 5.41) is 0. The average Bonchev–Trinajstić information content (AvgIpc) is 2.86. The Bertz CT molecular complexity index is 534. The molecular weight excluding hydrogens is 257 g/mol. The molecule has 1 aromatic rings. The van der Waals surface area contributed by atoms with Crippen molar-refractivity contribution in [2.75, 3.05) is 29.9 Å². The van der Waals surface area contributed by atoms with Crippen molar-refractivity contribution in [2.45, 2.75) is 25.3 Å². The normalized spacial score (nSPS) is 25.8. The van der Waals surface area contributed by atoms with E-state index in [-0.39, 0.29) is 23.7 Å². The molecule has 1 amide bonds. The van der Waals surface area contributed by atoms with Crippen LogP contribution in [0.3, 0.4) is 0 Å². The Hall–Kier alpha value is -1.62. The number of nitrogens with two attached hydrogens (primary N) is 1. The van der Waals surface area contributed by atoms with Crippen molar-refractivity contribution >= 4 is 17.3 Å². The van der Waals surface area contributed by atoms with Crippen molar-refractivity contribution in [2.24, 2.45) is 11.7 Å². The van der Waals surface area contributed by atoms with Gasteiger partial charge >= 0.3 is 0 Å². The molecule has 2 N–H and O–H groups in total. The molecule has 2 unspecified atom stereocenters. The topological polar surface area (TPSA) is 49.6 Å². The van der Waals surface area contributed by atoms with Gasteiger partial charge < -0.3 is 15.5 Å². The van der Waals surface area contributed by atoms with E-state index in [0.717, 1.165) is 37.2 Å². The minimum Gasteiger partial charge on any atom is -0.371 e. The first kappa shape index (κ1) is 13.4. The van der Waals surface area contributed by atoms with Crippen LogP contribution in [-0.4, -0.2) is 32.1 Å². The number of fused-ring (bicyclic) bond motifs is 1. The second-order valence-electron chi connectivity index (χ2n) is 5.81. The Balaban J connectivity index is 1.89. The highest BCUT2D eigenvalue weighted by Crippen LogP contribution is 2.35.